The summed E-state index contributed by atoms with van der Waals surface area (Å²) in [5.74, 6) is 0. The van der Waals surface area contributed by atoms with E-state index in [-0.39, 0.29) is 6.54 Å². The van der Waals surface area contributed by atoms with Crippen LogP contribution in [-0.4, -0.2) is 129 Å². The van der Waals surface area contributed by atoms with E-state index in [1.165, 1.54) is 6.92 Å². The second kappa shape index (κ2) is 12.0. The maximum atomic E-state index is 11.1. The Bertz CT molecular complexity index is 718. The molecule has 0 aromatic heterocycles. The van der Waals surface area contributed by atoms with Crippen LogP contribution in [0.5, 0.6) is 0 Å². The highest BCUT2D eigenvalue weighted by Gasteiger charge is 2.51. The van der Waals surface area contributed by atoms with Crippen LogP contribution in [0.4, 0.5) is 0 Å². The molecule has 0 spiro atoms. The number of aliphatic hydroxyl groups excluding tert-OH is 6. The van der Waals surface area contributed by atoms with E-state index < -0.39 is 85.7 Å². The third-order valence-electron chi connectivity index (χ3n) is 6.58. The molecule has 0 bridgehead atoms. The first-order valence-corrected chi connectivity index (χ1v) is 11.9. The Morgan fingerprint density at radius 1 is 0.971 bits per heavy atom. The molecule has 3 aliphatic rings. The van der Waals surface area contributed by atoms with Gasteiger partial charge in [-0.2, -0.15) is 0 Å². The van der Waals surface area contributed by atoms with Gasteiger partial charge in [0.25, 0.3) is 0 Å². The minimum absolute atomic E-state index is 0.0698. The van der Waals surface area contributed by atoms with E-state index >= 15 is 0 Å². The minimum Gasteiger partial charge on any atom is -0.391 e. The van der Waals surface area contributed by atoms with Crippen molar-refractivity contribution in [3.8, 4) is 0 Å². The zero-order chi connectivity index (χ0) is 26.0. The Kier molecular flexibility index (Phi) is 9.84. The summed E-state index contributed by atoms with van der Waals surface area (Å²) >= 11 is 0. The standard InChI is InChI=1S/C21H40N4O10/c1-3-4-25-9-5-8(23)18(34-20-11(24)14(29)15(30)17(33-20)7(2)26)19(12(9)27)35-21-16(31)13(28)10(6-22)32-21/h5,7-8,10-21,25-31H,3-4,6,22-24H2,1-2H3/t7-,8?,10?,11?,12-,13?,14?,15?,16?,17?,18?,19?,20?,21?/m1/s1. The zero-order valence-electron chi connectivity index (χ0n) is 19.8. The Labute approximate surface area is 203 Å². The van der Waals surface area contributed by atoms with Crippen molar-refractivity contribution in [2.45, 2.75) is 106 Å². The monoisotopic (exact) mass is 508 g/mol. The average molecular weight is 509 g/mol. The summed E-state index contributed by atoms with van der Waals surface area (Å²) in [6.45, 7) is 3.80. The summed E-state index contributed by atoms with van der Waals surface area (Å²) in [6, 6.07) is -2.09. The van der Waals surface area contributed by atoms with Crippen molar-refractivity contribution >= 4 is 0 Å². The highest BCUT2D eigenvalue weighted by Crippen LogP contribution is 2.32. The van der Waals surface area contributed by atoms with Gasteiger partial charge in [-0.15, -0.1) is 0 Å². The molecule has 12 unspecified atom stereocenters. The number of aliphatic hydroxyl groups is 6. The van der Waals surface area contributed by atoms with Crippen LogP contribution in [-0.2, 0) is 18.9 Å². The molecule has 2 fully saturated rings. The molecule has 2 heterocycles. The molecule has 0 radical (unpaired) electrons. The maximum Gasteiger partial charge on any atom is 0.187 e. The summed E-state index contributed by atoms with van der Waals surface area (Å²) in [5, 5.41) is 65.2. The highest BCUT2D eigenvalue weighted by atomic mass is 16.7. The molecule has 0 aromatic rings. The molecule has 13 N–H and O–H groups in total. The summed E-state index contributed by atoms with van der Waals surface area (Å²) in [5.41, 5.74) is 18.3. The van der Waals surface area contributed by atoms with Crippen molar-refractivity contribution in [3.63, 3.8) is 0 Å². The summed E-state index contributed by atoms with van der Waals surface area (Å²) in [4.78, 5) is 0. The lowest BCUT2D eigenvalue weighted by atomic mass is 9.90. The molecule has 0 aromatic carbocycles. The molecule has 14 nitrogen and oxygen atoms in total. The van der Waals surface area contributed by atoms with Crippen LogP contribution in [0.1, 0.15) is 20.3 Å². The third kappa shape index (κ3) is 5.96. The average Bonchev–Trinajstić information content (AvgIpc) is 3.09. The third-order valence-corrected chi connectivity index (χ3v) is 6.58. The van der Waals surface area contributed by atoms with E-state index in [4.69, 9.17) is 36.1 Å². The van der Waals surface area contributed by atoms with Gasteiger partial charge in [0, 0.05) is 18.8 Å². The van der Waals surface area contributed by atoms with E-state index in [9.17, 15) is 30.6 Å². The molecule has 14 atom stereocenters. The molecule has 2 saturated heterocycles. The van der Waals surface area contributed by atoms with Gasteiger partial charge in [0.1, 0.15) is 54.9 Å². The van der Waals surface area contributed by atoms with Crippen LogP contribution < -0.4 is 22.5 Å². The Balaban J connectivity index is 1.85. The maximum absolute atomic E-state index is 11.1. The second-order valence-electron chi connectivity index (χ2n) is 9.30. The van der Waals surface area contributed by atoms with Crippen LogP contribution >= 0.6 is 0 Å². The predicted octanol–water partition coefficient (Wildman–Crippen LogP) is -5.10. The smallest absolute Gasteiger partial charge is 0.187 e. The first-order chi connectivity index (χ1) is 16.5. The Morgan fingerprint density at radius 2 is 1.63 bits per heavy atom. The van der Waals surface area contributed by atoms with Crippen LogP contribution in [0.2, 0.25) is 0 Å². The van der Waals surface area contributed by atoms with Crippen molar-refractivity contribution < 1.29 is 49.6 Å². The first kappa shape index (κ1) is 28.6. The van der Waals surface area contributed by atoms with Gasteiger partial charge in [-0.25, -0.2) is 0 Å². The molecule has 1 aliphatic carbocycles. The van der Waals surface area contributed by atoms with Gasteiger partial charge < -0.3 is 72.1 Å². The van der Waals surface area contributed by atoms with E-state index in [0.717, 1.165) is 6.42 Å². The van der Waals surface area contributed by atoms with Crippen LogP contribution in [0.3, 0.4) is 0 Å². The Morgan fingerprint density at radius 3 is 2.20 bits per heavy atom. The molecular formula is C21H40N4O10. The van der Waals surface area contributed by atoms with Crippen molar-refractivity contribution in [3.05, 3.63) is 11.8 Å². The molecule has 14 heteroatoms. The number of ether oxygens (including phenoxy) is 4. The number of rotatable bonds is 9. The first-order valence-electron chi connectivity index (χ1n) is 11.9. The van der Waals surface area contributed by atoms with E-state index in [2.05, 4.69) is 5.32 Å². The van der Waals surface area contributed by atoms with Crippen LogP contribution in [0.15, 0.2) is 11.8 Å². The zero-order valence-corrected chi connectivity index (χ0v) is 19.8. The predicted molar refractivity (Wildman–Crippen MR) is 120 cm³/mol. The van der Waals surface area contributed by atoms with E-state index in [1.54, 1.807) is 6.08 Å². The van der Waals surface area contributed by atoms with Crippen molar-refractivity contribution in [2.75, 3.05) is 13.1 Å². The fourth-order valence-electron chi connectivity index (χ4n) is 4.49. The van der Waals surface area contributed by atoms with Crippen molar-refractivity contribution in [1.29, 1.82) is 0 Å². The van der Waals surface area contributed by atoms with E-state index in [0.29, 0.717) is 12.2 Å². The Hall–Kier alpha value is -0.980. The van der Waals surface area contributed by atoms with Gasteiger partial charge in [-0.3, -0.25) is 0 Å². The summed E-state index contributed by atoms with van der Waals surface area (Å²) in [7, 11) is 0. The minimum atomic E-state index is -1.48. The van der Waals surface area contributed by atoms with Crippen LogP contribution in [0.25, 0.3) is 0 Å². The second-order valence-corrected chi connectivity index (χ2v) is 9.30. The largest absolute Gasteiger partial charge is 0.391 e. The topological polar surface area (TPSA) is 248 Å². The summed E-state index contributed by atoms with van der Waals surface area (Å²) < 4.78 is 23.0. The van der Waals surface area contributed by atoms with Gasteiger partial charge in [0.2, 0.25) is 0 Å². The molecule has 204 valence electrons. The SMILES string of the molecule is CCCNC1=CC(N)C(OC2OC([C@@H](C)O)C(O)C(O)C2N)C(OC2OC(CN)C(O)C2O)[C@@H]1O. The molecule has 3 rings (SSSR count). The van der Waals surface area contributed by atoms with E-state index in [1.807, 2.05) is 6.92 Å². The molecule has 2 aliphatic heterocycles. The van der Waals surface area contributed by atoms with Gasteiger partial charge >= 0.3 is 0 Å². The van der Waals surface area contributed by atoms with Crippen molar-refractivity contribution in [1.82, 2.24) is 5.32 Å². The van der Waals surface area contributed by atoms with Gasteiger partial charge in [-0.05, 0) is 19.4 Å². The quantitative estimate of drug-likeness (QED) is 0.140. The number of nitrogens with one attached hydrogen (secondary N) is 1. The number of hydrogen-bond donors (Lipinski definition) is 10. The molecule has 0 saturated carbocycles. The lowest BCUT2D eigenvalue weighted by molar-refractivity contribution is -0.309. The number of hydrogen-bond acceptors (Lipinski definition) is 14. The lowest BCUT2D eigenvalue weighted by Gasteiger charge is -2.46. The van der Waals surface area contributed by atoms with Gasteiger partial charge in [0.15, 0.2) is 12.6 Å². The fourth-order valence-corrected chi connectivity index (χ4v) is 4.49. The summed E-state index contributed by atoms with van der Waals surface area (Å²) in [6.07, 6.45) is -12.9. The van der Waals surface area contributed by atoms with Crippen LogP contribution in [0, 0.1) is 0 Å². The molecule has 0 amide bonds. The molecular weight excluding hydrogens is 468 g/mol. The van der Waals surface area contributed by atoms with Gasteiger partial charge in [-0.1, -0.05) is 6.92 Å². The molecule has 35 heavy (non-hydrogen) atoms. The highest BCUT2D eigenvalue weighted by molar-refractivity contribution is 5.20. The van der Waals surface area contributed by atoms with Gasteiger partial charge in [0.05, 0.1) is 18.2 Å². The fraction of sp³-hybridized carbons (Fsp3) is 0.905. The van der Waals surface area contributed by atoms with Crippen molar-refractivity contribution in [2.24, 2.45) is 17.2 Å². The number of nitrogens with two attached hydrogens (primary N) is 3. The normalized spacial score (nSPS) is 47.4. The lowest BCUT2D eigenvalue weighted by Crippen LogP contribution is -2.66.